The summed E-state index contributed by atoms with van der Waals surface area (Å²) in [4.78, 5) is 21.9. The fourth-order valence-electron chi connectivity index (χ4n) is 1.96. The summed E-state index contributed by atoms with van der Waals surface area (Å²) in [6.45, 7) is 0. The number of hydrogen-bond acceptors (Lipinski definition) is 5. The van der Waals surface area contributed by atoms with Crippen LogP contribution in [-0.4, -0.2) is 10.1 Å². The maximum atomic E-state index is 11.7. The standard InChI is InChI=1S/C13H9N3O4/c17-13-12-10(5-2-6-11(12)20-15-13)14-8-3-1-4-9(7-8)16(18)19/h1-7,14H,(H,15,17). The summed E-state index contributed by atoms with van der Waals surface area (Å²) in [6.07, 6.45) is 0. The van der Waals surface area contributed by atoms with E-state index in [0.717, 1.165) is 0 Å². The molecule has 1 heterocycles. The maximum Gasteiger partial charge on any atom is 0.289 e. The highest BCUT2D eigenvalue weighted by Crippen LogP contribution is 2.25. The molecular formula is C13H9N3O4. The van der Waals surface area contributed by atoms with Crippen LogP contribution in [0.3, 0.4) is 0 Å². The van der Waals surface area contributed by atoms with Gasteiger partial charge in [0.15, 0.2) is 5.58 Å². The van der Waals surface area contributed by atoms with Gasteiger partial charge >= 0.3 is 0 Å². The minimum atomic E-state index is -0.476. The van der Waals surface area contributed by atoms with E-state index in [4.69, 9.17) is 4.52 Å². The van der Waals surface area contributed by atoms with Crippen LogP contribution in [0.25, 0.3) is 11.0 Å². The number of aromatic nitrogens is 1. The first-order chi connectivity index (χ1) is 9.65. The average Bonchev–Trinajstić information content (AvgIpc) is 2.82. The highest BCUT2D eigenvalue weighted by Gasteiger charge is 2.10. The lowest BCUT2D eigenvalue weighted by atomic mass is 10.2. The molecule has 0 saturated heterocycles. The van der Waals surface area contributed by atoms with E-state index < -0.39 is 4.92 Å². The second-order valence-electron chi connectivity index (χ2n) is 4.14. The lowest BCUT2D eigenvalue weighted by molar-refractivity contribution is -0.384. The SMILES string of the molecule is O=c1[nH]oc2cccc(Nc3cccc([N+](=O)[O-])c3)c12. The number of benzene rings is 2. The number of aromatic amines is 1. The Labute approximate surface area is 111 Å². The molecule has 0 bridgehead atoms. The van der Waals surface area contributed by atoms with Crippen LogP contribution in [0.2, 0.25) is 0 Å². The molecule has 20 heavy (non-hydrogen) atoms. The van der Waals surface area contributed by atoms with Gasteiger partial charge in [-0.25, -0.2) is 0 Å². The zero-order valence-corrected chi connectivity index (χ0v) is 10.1. The minimum absolute atomic E-state index is 0.0247. The van der Waals surface area contributed by atoms with Crippen molar-refractivity contribution in [2.75, 3.05) is 5.32 Å². The molecule has 0 aliphatic rings. The molecule has 1 aromatic heterocycles. The highest BCUT2D eigenvalue weighted by atomic mass is 16.6. The van der Waals surface area contributed by atoms with E-state index in [1.54, 1.807) is 30.3 Å². The summed E-state index contributed by atoms with van der Waals surface area (Å²) >= 11 is 0. The quantitative estimate of drug-likeness (QED) is 0.563. The monoisotopic (exact) mass is 271 g/mol. The van der Waals surface area contributed by atoms with Crippen molar-refractivity contribution in [2.24, 2.45) is 0 Å². The molecule has 7 nitrogen and oxygen atoms in total. The predicted octanol–water partition coefficient (Wildman–Crippen LogP) is 2.77. The Morgan fingerprint density at radius 2 is 2.00 bits per heavy atom. The van der Waals surface area contributed by atoms with Crippen LogP contribution in [0, 0.1) is 10.1 Å². The zero-order valence-electron chi connectivity index (χ0n) is 10.1. The fourth-order valence-corrected chi connectivity index (χ4v) is 1.96. The maximum absolute atomic E-state index is 11.7. The second kappa shape index (κ2) is 4.54. The molecule has 0 fully saturated rings. The van der Waals surface area contributed by atoms with Crippen molar-refractivity contribution >= 4 is 28.0 Å². The predicted molar refractivity (Wildman–Crippen MR) is 73.2 cm³/mol. The van der Waals surface area contributed by atoms with Crippen LogP contribution in [0.15, 0.2) is 51.8 Å². The summed E-state index contributed by atoms with van der Waals surface area (Å²) < 4.78 is 5.00. The van der Waals surface area contributed by atoms with Gasteiger partial charge in [0, 0.05) is 17.8 Å². The molecule has 2 N–H and O–H groups in total. The van der Waals surface area contributed by atoms with E-state index in [1.807, 2.05) is 0 Å². The number of anilines is 2. The van der Waals surface area contributed by atoms with Crippen molar-refractivity contribution in [2.45, 2.75) is 0 Å². The first kappa shape index (κ1) is 12.0. The Morgan fingerprint density at radius 3 is 2.80 bits per heavy atom. The Bertz CT molecular complexity index is 850. The fraction of sp³-hybridized carbons (Fsp3) is 0. The number of non-ortho nitro benzene ring substituents is 1. The van der Waals surface area contributed by atoms with Crippen LogP contribution >= 0.6 is 0 Å². The molecule has 0 unspecified atom stereocenters. The third-order valence-corrected chi connectivity index (χ3v) is 2.84. The number of fused-ring (bicyclic) bond motifs is 1. The van der Waals surface area contributed by atoms with Gasteiger partial charge in [-0.3, -0.25) is 14.9 Å². The molecule has 0 spiro atoms. The number of rotatable bonds is 3. The Balaban J connectivity index is 2.05. The first-order valence-corrected chi connectivity index (χ1v) is 5.77. The van der Waals surface area contributed by atoms with Gasteiger partial charge in [-0.1, -0.05) is 12.1 Å². The van der Waals surface area contributed by atoms with Gasteiger partial charge in [-0.05, 0) is 18.2 Å². The van der Waals surface area contributed by atoms with Crippen molar-refractivity contribution in [1.29, 1.82) is 0 Å². The third-order valence-electron chi connectivity index (χ3n) is 2.84. The Morgan fingerprint density at radius 1 is 1.20 bits per heavy atom. The van der Waals surface area contributed by atoms with E-state index in [0.29, 0.717) is 22.3 Å². The van der Waals surface area contributed by atoms with Crippen molar-refractivity contribution in [1.82, 2.24) is 5.16 Å². The van der Waals surface area contributed by atoms with Gasteiger partial charge in [0.2, 0.25) is 0 Å². The minimum Gasteiger partial charge on any atom is -0.378 e. The van der Waals surface area contributed by atoms with E-state index >= 15 is 0 Å². The molecule has 0 atom stereocenters. The largest absolute Gasteiger partial charge is 0.378 e. The molecule has 0 aliphatic heterocycles. The average molecular weight is 271 g/mol. The molecule has 0 aliphatic carbocycles. The Kier molecular flexibility index (Phi) is 2.72. The van der Waals surface area contributed by atoms with Gasteiger partial charge < -0.3 is 9.84 Å². The van der Waals surface area contributed by atoms with E-state index in [9.17, 15) is 14.9 Å². The van der Waals surface area contributed by atoms with Gasteiger partial charge in [-0.15, -0.1) is 0 Å². The summed E-state index contributed by atoms with van der Waals surface area (Å²) in [5.41, 5.74) is 1.09. The normalized spacial score (nSPS) is 10.6. The first-order valence-electron chi connectivity index (χ1n) is 5.77. The second-order valence-corrected chi connectivity index (χ2v) is 4.14. The molecule has 0 saturated carbocycles. The van der Waals surface area contributed by atoms with Crippen molar-refractivity contribution in [3.63, 3.8) is 0 Å². The van der Waals surface area contributed by atoms with Gasteiger partial charge in [0.05, 0.1) is 10.6 Å². The lowest BCUT2D eigenvalue weighted by Crippen LogP contribution is -2.01. The number of hydrogen-bond donors (Lipinski definition) is 2. The number of nitro benzene ring substituents is 1. The molecule has 7 heteroatoms. The lowest BCUT2D eigenvalue weighted by Gasteiger charge is -2.06. The summed E-state index contributed by atoms with van der Waals surface area (Å²) in [5.74, 6) is 0. The molecule has 3 rings (SSSR count). The number of nitrogens with zero attached hydrogens (tertiary/aromatic N) is 1. The van der Waals surface area contributed by atoms with Gasteiger partial charge in [-0.2, -0.15) is 5.16 Å². The number of H-pyrrole nitrogens is 1. The van der Waals surface area contributed by atoms with E-state index in [2.05, 4.69) is 10.5 Å². The molecule has 100 valence electrons. The van der Waals surface area contributed by atoms with E-state index in [1.165, 1.54) is 12.1 Å². The topological polar surface area (TPSA) is 101 Å². The summed E-state index contributed by atoms with van der Waals surface area (Å²) in [7, 11) is 0. The van der Waals surface area contributed by atoms with Crippen LogP contribution in [0.4, 0.5) is 17.1 Å². The van der Waals surface area contributed by atoms with E-state index in [-0.39, 0.29) is 11.2 Å². The Hall–Kier alpha value is -3.09. The molecule has 3 aromatic rings. The summed E-state index contributed by atoms with van der Waals surface area (Å²) in [6, 6.07) is 11.1. The highest BCUT2D eigenvalue weighted by molar-refractivity contribution is 5.91. The summed E-state index contributed by atoms with van der Waals surface area (Å²) in [5, 5.41) is 16.4. The van der Waals surface area contributed by atoms with Gasteiger partial charge in [0.25, 0.3) is 11.2 Å². The van der Waals surface area contributed by atoms with Crippen LogP contribution in [0.1, 0.15) is 0 Å². The zero-order chi connectivity index (χ0) is 14.1. The number of nitrogens with one attached hydrogen (secondary N) is 2. The van der Waals surface area contributed by atoms with Crippen LogP contribution in [-0.2, 0) is 0 Å². The number of nitro groups is 1. The van der Waals surface area contributed by atoms with Crippen molar-refractivity contribution in [3.05, 3.63) is 62.9 Å². The molecular weight excluding hydrogens is 262 g/mol. The van der Waals surface area contributed by atoms with Crippen LogP contribution in [0.5, 0.6) is 0 Å². The van der Waals surface area contributed by atoms with Crippen molar-refractivity contribution < 1.29 is 9.45 Å². The smallest absolute Gasteiger partial charge is 0.289 e. The van der Waals surface area contributed by atoms with Gasteiger partial charge in [0.1, 0.15) is 5.39 Å². The molecule has 0 amide bonds. The van der Waals surface area contributed by atoms with Crippen molar-refractivity contribution in [3.8, 4) is 0 Å². The van der Waals surface area contributed by atoms with Crippen LogP contribution < -0.4 is 10.9 Å². The molecule has 0 radical (unpaired) electrons. The third kappa shape index (κ3) is 2.01. The molecule has 2 aromatic carbocycles.